The molecule has 62 heavy (non-hydrogen) atoms. The normalized spacial score (nSPS) is 11.9. The van der Waals surface area contributed by atoms with Gasteiger partial charge in [0.05, 0.1) is 0 Å². The molecule has 0 unspecified atom stereocenters. The molecule has 0 amide bonds. The average Bonchev–Trinajstić information content (AvgIpc) is 3.35. The van der Waals surface area contributed by atoms with Crippen LogP contribution in [0.2, 0.25) is 0 Å². The molecule has 0 saturated carbocycles. The third kappa shape index (κ3) is 5.47. The predicted octanol–water partition coefficient (Wildman–Crippen LogP) is 17.6. The predicted molar refractivity (Wildman–Crippen MR) is 268 cm³/mol. The van der Waals surface area contributed by atoms with Gasteiger partial charge in [0.1, 0.15) is 0 Å². The molecule has 0 aliphatic heterocycles. The lowest BCUT2D eigenvalue weighted by Gasteiger charge is -2.16. The van der Waals surface area contributed by atoms with E-state index >= 15 is 0 Å². The molecular formula is C62H38. The lowest BCUT2D eigenvalue weighted by Crippen LogP contribution is -1.89. The monoisotopic (exact) mass is 782 g/mol. The average molecular weight is 783 g/mol. The quantitative estimate of drug-likeness (QED) is 0.156. The van der Waals surface area contributed by atoms with Crippen molar-refractivity contribution in [2.24, 2.45) is 0 Å². The molecule has 0 bridgehead atoms. The van der Waals surface area contributed by atoms with Crippen molar-refractivity contribution in [2.45, 2.75) is 0 Å². The van der Waals surface area contributed by atoms with Crippen molar-refractivity contribution in [2.75, 3.05) is 0 Å². The first kappa shape index (κ1) is 34.8. The smallest absolute Gasteiger partial charge is 0.00199 e. The zero-order chi connectivity index (χ0) is 40.7. The molecule has 286 valence electrons. The number of benzene rings is 13. The van der Waals surface area contributed by atoms with Gasteiger partial charge in [-0.3, -0.25) is 0 Å². The van der Waals surface area contributed by atoms with Crippen LogP contribution in [0.25, 0.3) is 131 Å². The molecular weight excluding hydrogens is 745 g/mol. The van der Waals surface area contributed by atoms with Gasteiger partial charge < -0.3 is 0 Å². The second kappa shape index (κ2) is 13.7. The Morgan fingerprint density at radius 1 is 0.161 bits per heavy atom. The Hall–Kier alpha value is -8.06. The van der Waals surface area contributed by atoms with Crippen LogP contribution in [0, 0.1) is 0 Å². The zero-order valence-corrected chi connectivity index (χ0v) is 33.9. The first-order chi connectivity index (χ1) is 30.7. The Balaban J connectivity index is 0.902. The molecule has 0 atom stereocenters. The first-order valence-electron chi connectivity index (χ1n) is 21.6. The van der Waals surface area contributed by atoms with Gasteiger partial charge in [-0.2, -0.15) is 0 Å². The van der Waals surface area contributed by atoms with Crippen molar-refractivity contribution >= 4 is 86.2 Å². The lowest BCUT2D eigenvalue weighted by molar-refractivity contribution is 1.61. The van der Waals surface area contributed by atoms with E-state index in [9.17, 15) is 0 Å². The van der Waals surface area contributed by atoms with Crippen molar-refractivity contribution in [1.29, 1.82) is 0 Å². The van der Waals surface area contributed by atoms with Crippen molar-refractivity contribution in [3.8, 4) is 44.5 Å². The van der Waals surface area contributed by atoms with E-state index in [2.05, 4.69) is 231 Å². The van der Waals surface area contributed by atoms with Gasteiger partial charge in [-0.1, -0.05) is 188 Å². The minimum atomic E-state index is 1.21. The lowest BCUT2D eigenvalue weighted by atomic mass is 9.87. The van der Waals surface area contributed by atoms with Gasteiger partial charge in [-0.05, 0) is 173 Å². The van der Waals surface area contributed by atoms with Crippen LogP contribution in [0.4, 0.5) is 0 Å². The molecule has 0 N–H and O–H groups in total. The van der Waals surface area contributed by atoms with E-state index in [-0.39, 0.29) is 0 Å². The summed E-state index contributed by atoms with van der Waals surface area (Å²) in [6, 6.07) is 85.7. The summed E-state index contributed by atoms with van der Waals surface area (Å²) < 4.78 is 0. The number of hydrogen-bond acceptors (Lipinski definition) is 0. The van der Waals surface area contributed by atoms with Crippen LogP contribution in [-0.2, 0) is 0 Å². The van der Waals surface area contributed by atoms with Crippen LogP contribution >= 0.6 is 0 Å². The fourth-order valence-electron chi connectivity index (χ4n) is 10.4. The highest BCUT2D eigenvalue weighted by molar-refractivity contribution is 6.33. The van der Waals surface area contributed by atoms with E-state index in [1.807, 2.05) is 0 Å². The maximum Gasteiger partial charge on any atom is -0.00199 e. The number of fused-ring (bicyclic) bond motifs is 13. The molecule has 0 radical (unpaired) electrons. The third-order valence-corrected chi connectivity index (χ3v) is 13.3. The van der Waals surface area contributed by atoms with E-state index in [0.29, 0.717) is 0 Å². The summed E-state index contributed by atoms with van der Waals surface area (Å²) in [5.74, 6) is 0. The van der Waals surface area contributed by atoms with Crippen molar-refractivity contribution < 1.29 is 0 Å². The first-order valence-corrected chi connectivity index (χ1v) is 21.6. The fourth-order valence-corrected chi connectivity index (χ4v) is 10.4. The topological polar surface area (TPSA) is 0 Å². The maximum atomic E-state index is 2.44. The summed E-state index contributed by atoms with van der Waals surface area (Å²) in [7, 11) is 0. The molecule has 0 spiro atoms. The van der Waals surface area contributed by atoms with Crippen molar-refractivity contribution in [1.82, 2.24) is 0 Å². The molecule has 0 aliphatic rings. The van der Waals surface area contributed by atoms with Gasteiger partial charge >= 0.3 is 0 Å². The van der Waals surface area contributed by atoms with Crippen LogP contribution < -0.4 is 0 Å². The third-order valence-electron chi connectivity index (χ3n) is 13.3. The van der Waals surface area contributed by atoms with E-state index < -0.39 is 0 Å². The number of hydrogen-bond donors (Lipinski definition) is 0. The van der Waals surface area contributed by atoms with Gasteiger partial charge in [-0.15, -0.1) is 0 Å². The van der Waals surface area contributed by atoms with Crippen LogP contribution in [0.3, 0.4) is 0 Å². The minimum Gasteiger partial charge on any atom is -0.0616 e. The Morgan fingerprint density at radius 2 is 0.532 bits per heavy atom. The van der Waals surface area contributed by atoms with Crippen LogP contribution in [0.15, 0.2) is 231 Å². The molecule has 0 aliphatic carbocycles. The zero-order valence-electron chi connectivity index (χ0n) is 33.9. The van der Waals surface area contributed by atoms with Gasteiger partial charge in [0.2, 0.25) is 0 Å². The fraction of sp³-hybridized carbons (Fsp3) is 0. The molecule has 0 heterocycles. The Bertz CT molecular complexity index is 3980. The van der Waals surface area contributed by atoms with Crippen LogP contribution in [0.5, 0.6) is 0 Å². The SMILES string of the molecule is c1cc(-c2ccc3ccc(-c4cc5ccccc5c5ccccc45)cc3c2)cc(-c2ccc3ccc(-c4cc5c6ccccc6c6ccccc6c5c5ccccc45)cc3c2)c1. The molecule has 13 aromatic carbocycles. The van der Waals surface area contributed by atoms with Crippen LogP contribution in [0.1, 0.15) is 0 Å². The minimum absolute atomic E-state index is 1.21. The van der Waals surface area contributed by atoms with E-state index in [0.717, 1.165) is 0 Å². The standard InChI is InChI=1S/C62H38/c1-2-15-50-45(12-1)37-59(54-19-5-3-16-51(50)54)46-30-26-39-24-28-43(33-48(39)35-46)41-13-11-14-42(32-41)44-29-25-40-27-31-47(36-49(40)34-44)60-38-61-55-20-6-4-17-52(55)53-18-7-9-22-57(53)62(61)58-23-10-8-21-56(58)60/h1-38H. The van der Waals surface area contributed by atoms with Gasteiger partial charge in [-0.25, -0.2) is 0 Å². The Kier molecular flexibility index (Phi) is 7.71. The second-order valence-corrected chi connectivity index (χ2v) is 16.8. The Labute approximate surface area is 359 Å². The van der Waals surface area contributed by atoms with Gasteiger partial charge in [0, 0.05) is 0 Å². The summed E-state index contributed by atoms with van der Waals surface area (Å²) in [6.07, 6.45) is 0. The highest BCUT2D eigenvalue weighted by atomic mass is 14.2. The largest absolute Gasteiger partial charge is 0.0616 e. The summed E-state index contributed by atoms with van der Waals surface area (Å²) in [5.41, 5.74) is 9.84. The van der Waals surface area contributed by atoms with Crippen molar-refractivity contribution in [3.63, 3.8) is 0 Å². The Morgan fingerprint density at radius 3 is 1.11 bits per heavy atom. The molecule has 0 saturated heterocycles. The summed E-state index contributed by atoms with van der Waals surface area (Å²) in [6.45, 7) is 0. The molecule has 0 nitrogen and oxygen atoms in total. The van der Waals surface area contributed by atoms with E-state index in [1.165, 1.54) is 131 Å². The highest BCUT2D eigenvalue weighted by Gasteiger charge is 2.16. The molecule has 0 fully saturated rings. The van der Waals surface area contributed by atoms with E-state index in [1.54, 1.807) is 0 Å². The van der Waals surface area contributed by atoms with Crippen LogP contribution in [-0.4, -0.2) is 0 Å². The molecule has 13 aromatic rings. The summed E-state index contributed by atoms with van der Waals surface area (Å²) in [4.78, 5) is 0. The van der Waals surface area contributed by atoms with E-state index in [4.69, 9.17) is 0 Å². The second-order valence-electron chi connectivity index (χ2n) is 16.8. The summed E-state index contributed by atoms with van der Waals surface area (Å²) in [5, 5.41) is 20.5. The molecule has 0 aromatic heterocycles. The molecule has 0 heteroatoms. The highest BCUT2D eigenvalue weighted by Crippen LogP contribution is 2.44. The number of rotatable bonds is 4. The maximum absolute atomic E-state index is 2.44. The van der Waals surface area contributed by atoms with Gasteiger partial charge in [0.15, 0.2) is 0 Å². The molecule has 13 rings (SSSR count). The van der Waals surface area contributed by atoms with Gasteiger partial charge in [0.25, 0.3) is 0 Å². The summed E-state index contributed by atoms with van der Waals surface area (Å²) >= 11 is 0. The van der Waals surface area contributed by atoms with Crippen molar-refractivity contribution in [3.05, 3.63) is 231 Å².